The average Bonchev–Trinajstić information content (AvgIpc) is 2.53. The number of hydrogen-bond acceptors (Lipinski definition) is 1. The summed E-state index contributed by atoms with van der Waals surface area (Å²) < 4.78 is 0. The third kappa shape index (κ3) is 5.14. The van der Waals surface area contributed by atoms with E-state index in [1.165, 1.54) is 5.56 Å². The van der Waals surface area contributed by atoms with Gasteiger partial charge in [-0.15, -0.1) is 6.04 Å². The van der Waals surface area contributed by atoms with Gasteiger partial charge in [0.05, 0.1) is 0 Å². The van der Waals surface area contributed by atoms with Gasteiger partial charge in [-0.2, -0.15) is 0 Å². The second kappa shape index (κ2) is 8.78. The fourth-order valence-electron chi connectivity index (χ4n) is 1.82. The molecular formula is C13H21AlN2. The maximum absolute atomic E-state index is 7.59. The summed E-state index contributed by atoms with van der Waals surface area (Å²) >= 11 is 0. The largest absolute Gasteiger partial charge is 3.00 e. The van der Waals surface area contributed by atoms with E-state index < -0.39 is 0 Å². The number of hydrogen-bond donors (Lipinski definition) is 0. The summed E-state index contributed by atoms with van der Waals surface area (Å²) in [6.45, 7) is 3.04. The zero-order chi connectivity index (χ0) is 9.10. The number of rotatable bonds is 2. The molecule has 0 amide bonds. The first kappa shape index (κ1) is 18.0. The number of benzene rings is 1. The molecule has 1 aromatic rings. The van der Waals surface area contributed by atoms with Gasteiger partial charge in [-0.1, -0.05) is 36.8 Å². The van der Waals surface area contributed by atoms with Gasteiger partial charge in [0.15, 0.2) is 0 Å². The van der Waals surface area contributed by atoms with Gasteiger partial charge in [0.1, 0.15) is 0 Å². The van der Waals surface area contributed by atoms with Crippen molar-refractivity contribution in [2.75, 3.05) is 13.1 Å². The second-order valence-corrected chi connectivity index (χ2v) is 3.71. The standard InChI is InChI=1S/C11H15N2.2CH3.Al/c12-11-6-7-13(9-11)8-10-4-2-1-3-5-10;;;/h1-5,11-12H,6-9H2;2*1H3;/q3*-1;+3/t11-;;;/m1.../s1. The van der Waals surface area contributed by atoms with E-state index in [9.17, 15) is 0 Å². The van der Waals surface area contributed by atoms with Gasteiger partial charge < -0.3 is 25.5 Å². The molecule has 0 spiro atoms. The first-order chi connectivity index (χ1) is 6.34. The Kier molecular flexibility index (Phi) is 9.91. The minimum atomic E-state index is 0. The van der Waals surface area contributed by atoms with Gasteiger partial charge >= 0.3 is 17.4 Å². The SMILES string of the molecule is [Al+3].[CH3-].[CH3-].[NH-][C@@H]1CCN(Cc2ccccc2)C1. The predicted octanol–water partition coefficient (Wildman–Crippen LogP) is 2.83. The summed E-state index contributed by atoms with van der Waals surface area (Å²) in [6, 6.07) is 10.6. The van der Waals surface area contributed by atoms with Crippen LogP contribution in [0.3, 0.4) is 0 Å². The number of likely N-dealkylation sites (tertiary alicyclic amines) is 1. The Morgan fingerprint density at radius 3 is 2.31 bits per heavy atom. The summed E-state index contributed by atoms with van der Waals surface area (Å²) in [6.07, 6.45) is 1.03. The zero-order valence-electron chi connectivity index (χ0n) is 10.3. The summed E-state index contributed by atoms with van der Waals surface area (Å²) in [5.41, 5.74) is 8.94. The molecule has 1 N–H and O–H groups in total. The van der Waals surface area contributed by atoms with Crippen LogP contribution < -0.4 is 0 Å². The molecule has 1 atom stereocenters. The van der Waals surface area contributed by atoms with Crippen LogP contribution >= 0.6 is 0 Å². The van der Waals surface area contributed by atoms with E-state index in [0.29, 0.717) is 0 Å². The van der Waals surface area contributed by atoms with E-state index in [2.05, 4.69) is 29.2 Å². The molecule has 16 heavy (non-hydrogen) atoms. The first-order valence-corrected chi connectivity index (χ1v) is 4.82. The molecule has 1 aliphatic heterocycles. The van der Waals surface area contributed by atoms with E-state index in [0.717, 1.165) is 26.1 Å². The van der Waals surface area contributed by atoms with Crippen LogP contribution in [0.4, 0.5) is 0 Å². The molecule has 1 fully saturated rings. The molecule has 0 aliphatic carbocycles. The fourth-order valence-corrected chi connectivity index (χ4v) is 1.82. The van der Waals surface area contributed by atoms with Crippen molar-refractivity contribution in [1.29, 1.82) is 0 Å². The topological polar surface area (TPSA) is 27.0 Å². The van der Waals surface area contributed by atoms with Crippen LogP contribution in [0.1, 0.15) is 12.0 Å². The Labute approximate surface area is 111 Å². The van der Waals surface area contributed by atoms with Crippen LogP contribution in [0.25, 0.3) is 5.73 Å². The van der Waals surface area contributed by atoms with Gasteiger partial charge in [0.2, 0.25) is 0 Å². The molecule has 86 valence electrons. The molecule has 2 rings (SSSR count). The first-order valence-electron chi connectivity index (χ1n) is 4.82. The molecule has 0 saturated carbocycles. The van der Waals surface area contributed by atoms with Crippen molar-refractivity contribution in [2.45, 2.75) is 19.0 Å². The van der Waals surface area contributed by atoms with Crippen LogP contribution in [-0.2, 0) is 6.54 Å². The maximum Gasteiger partial charge on any atom is 3.00 e. The molecule has 1 aromatic carbocycles. The second-order valence-electron chi connectivity index (χ2n) is 3.71. The summed E-state index contributed by atoms with van der Waals surface area (Å²) in [4.78, 5) is 2.35. The van der Waals surface area contributed by atoms with E-state index in [4.69, 9.17) is 5.73 Å². The van der Waals surface area contributed by atoms with Gasteiger partial charge in [-0.25, -0.2) is 0 Å². The van der Waals surface area contributed by atoms with Crippen molar-refractivity contribution in [3.63, 3.8) is 0 Å². The van der Waals surface area contributed by atoms with Crippen molar-refractivity contribution in [3.8, 4) is 0 Å². The summed E-state index contributed by atoms with van der Waals surface area (Å²) in [5.74, 6) is 0. The van der Waals surface area contributed by atoms with Gasteiger partial charge in [-0.3, -0.25) is 0 Å². The van der Waals surface area contributed by atoms with E-state index >= 15 is 0 Å². The fraction of sp³-hybridized carbons (Fsp3) is 0.385. The molecular weight excluding hydrogens is 211 g/mol. The van der Waals surface area contributed by atoms with Crippen LogP contribution in [0.2, 0.25) is 0 Å². The Balaban J connectivity index is 0. The van der Waals surface area contributed by atoms with Crippen molar-refractivity contribution in [3.05, 3.63) is 56.5 Å². The third-order valence-corrected chi connectivity index (χ3v) is 2.52. The normalized spacial score (nSPS) is 19.2. The predicted molar refractivity (Wildman–Crippen MR) is 73.0 cm³/mol. The monoisotopic (exact) mass is 232 g/mol. The van der Waals surface area contributed by atoms with Crippen molar-refractivity contribution in [1.82, 2.24) is 4.90 Å². The molecule has 1 aliphatic rings. The van der Waals surface area contributed by atoms with E-state index in [-0.39, 0.29) is 38.3 Å². The van der Waals surface area contributed by atoms with Crippen molar-refractivity contribution >= 4 is 17.4 Å². The Morgan fingerprint density at radius 1 is 1.19 bits per heavy atom. The van der Waals surface area contributed by atoms with E-state index in [1.54, 1.807) is 0 Å². The van der Waals surface area contributed by atoms with Gasteiger partial charge in [0.25, 0.3) is 0 Å². The average molecular weight is 232 g/mol. The quantitative estimate of drug-likeness (QED) is 0.569. The molecule has 0 radical (unpaired) electrons. The Morgan fingerprint density at radius 2 is 1.81 bits per heavy atom. The van der Waals surface area contributed by atoms with Crippen LogP contribution in [0.15, 0.2) is 30.3 Å². The molecule has 0 unspecified atom stereocenters. The van der Waals surface area contributed by atoms with Gasteiger partial charge in [-0.05, 0) is 18.7 Å². The van der Waals surface area contributed by atoms with Crippen LogP contribution in [0.5, 0.6) is 0 Å². The molecule has 1 heterocycles. The Bertz CT molecular complexity index is 264. The van der Waals surface area contributed by atoms with Crippen LogP contribution in [0, 0.1) is 14.9 Å². The third-order valence-electron chi connectivity index (χ3n) is 2.52. The maximum atomic E-state index is 7.59. The minimum Gasteiger partial charge on any atom is -0.674 e. The van der Waals surface area contributed by atoms with E-state index in [1.807, 2.05) is 6.07 Å². The summed E-state index contributed by atoms with van der Waals surface area (Å²) in [7, 11) is 0. The van der Waals surface area contributed by atoms with Crippen molar-refractivity contribution in [2.24, 2.45) is 0 Å². The number of nitrogens with zero attached hydrogens (tertiary/aromatic N) is 1. The molecule has 3 heteroatoms. The summed E-state index contributed by atoms with van der Waals surface area (Å²) in [5, 5.41) is 0. The minimum absolute atomic E-state index is 0. The van der Waals surface area contributed by atoms with Crippen molar-refractivity contribution < 1.29 is 0 Å². The zero-order valence-corrected chi connectivity index (χ0v) is 11.5. The Hall–Kier alpha value is -0.328. The van der Waals surface area contributed by atoms with Crippen LogP contribution in [-0.4, -0.2) is 41.4 Å². The molecule has 0 aromatic heterocycles. The molecule has 0 bridgehead atoms. The molecule has 2 nitrogen and oxygen atoms in total. The smallest absolute Gasteiger partial charge is 0.674 e. The molecule has 1 saturated heterocycles. The number of nitrogens with one attached hydrogen (secondary N) is 1. The van der Waals surface area contributed by atoms with Gasteiger partial charge in [0, 0.05) is 6.54 Å².